The fourth-order valence-electron chi connectivity index (χ4n) is 7.33. The zero-order valence-electron chi connectivity index (χ0n) is 48.4. The number of hydrogen-bond acceptors (Lipinski definition) is 19. The summed E-state index contributed by atoms with van der Waals surface area (Å²) in [7, 11) is 0. The van der Waals surface area contributed by atoms with Gasteiger partial charge in [0.05, 0.1) is 43.1 Å². The molecule has 4 amide bonds. The highest BCUT2D eigenvalue weighted by Crippen LogP contribution is 2.34. The van der Waals surface area contributed by atoms with E-state index in [4.69, 9.17) is 38.5 Å². The highest BCUT2D eigenvalue weighted by Gasteiger charge is 2.42. The molecule has 0 spiro atoms. The average molecular weight is 1140 g/mol. The molecule has 0 bridgehead atoms. The number of nitrogens with two attached hydrogens (primary N) is 1. The number of thioether (sulfide) groups is 2. The molecule has 2 aromatic rings. The molecule has 440 valence electrons. The van der Waals surface area contributed by atoms with Crippen LogP contribution < -0.4 is 47.7 Å². The van der Waals surface area contributed by atoms with E-state index in [1.54, 1.807) is 26.0 Å². The molecule has 21 nitrogen and oxygen atoms in total. The summed E-state index contributed by atoms with van der Waals surface area (Å²) >= 11 is 2.78. The molecule has 0 unspecified atom stereocenters. The molecule has 2 aromatic heterocycles. The zero-order chi connectivity index (χ0) is 58.6. The van der Waals surface area contributed by atoms with Crippen LogP contribution in [0.5, 0.6) is 11.5 Å². The Labute approximate surface area is 473 Å². The minimum atomic E-state index is -1.02. The molecule has 0 radical (unpaired) electrons. The van der Waals surface area contributed by atoms with E-state index in [0.29, 0.717) is 110 Å². The number of Topliss-reactive ketones (excluding diaryl/α,β-unsaturated/α-hetero) is 1. The van der Waals surface area contributed by atoms with E-state index in [2.05, 4.69) is 31.3 Å². The first-order chi connectivity index (χ1) is 37.1. The van der Waals surface area contributed by atoms with Gasteiger partial charge in [-0.1, -0.05) is 26.7 Å². The third-order valence-electron chi connectivity index (χ3n) is 12.0. The van der Waals surface area contributed by atoms with E-state index in [0.717, 1.165) is 55.7 Å². The van der Waals surface area contributed by atoms with Crippen molar-refractivity contribution in [3.05, 3.63) is 56.6 Å². The van der Waals surface area contributed by atoms with Crippen LogP contribution in [-0.4, -0.2) is 119 Å². The molecule has 0 aromatic carbocycles. The first kappa shape index (κ1) is 65.8. The lowest BCUT2D eigenvalue weighted by Crippen LogP contribution is -2.45. The van der Waals surface area contributed by atoms with Crippen LogP contribution in [0.25, 0.3) is 0 Å². The van der Waals surface area contributed by atoms with Gasteiger partial charge in [0.1, 0.15) is 55.4 Å². The number of carbonyl (C=O) groups is 5. The fourth-order valence-corrected chi connectivity index (χ4v) is 9.56. The maximum atomic E-state index is 13.4. The van der Waals surface area contributed by atoms with Gasteiger partial charge in [0.25, 0.3) is 0 Å². The Hall–Kier alpha value is -5.68. The average Bonchev–Trinajstić information content (AvgIpc) is 4.30. The van der Waals surface area contributed by atoms with Crippen molar-refractivity contribution in [1.29, 1.82) is 0 Å². The van der Waals surface area contributed by atoms with Gasteiger partial charge in [0, 0.05) is 50.2 Å². The van der Waals surface area contributed by atoms with Gasteiger partial charge < -0.3 is 54.8 Å². The number of hydrogen-bond donors (Lipinski definition) is 5. The van der Waals surface area contributed by atoms with Crippen molar-refractivity contribution in [2.75, 3.05) is 50.9 Å². The Kier molecular flexibility index (Phi) is 25.7. The molecule has 2 aliphatic carbocycles. The third kappa shape index (κ3) is 24.3. The molecule has 2 aliphatic heterocycles. The predicted molar refractivity (Wildman–Crippen MR) is 310 cm³/mol. The second kappa shape index (κ2) is 30.8. The van der Waals surface area contributed by atoms with E-state index in [-0.39, 0.29) is 23.7 Å². The lowest BCUT2D eigenvalue weighted by molar-refractivity contribution is -0.126. The molecule has 6 rings (SSSR count). The van der Waals surface area contributed by atoms with E-state index < -0.39 is 51.7 Å². The van der Waals surface area contributed by atoms with Crippen molar-refractivity contribution in [2.45, 2.75) is 182 Å². The summed E-state index contributed by atoms with van der Waals surface area (Å²) in [5.74, 6) is 3.04. The van der Waals surface area contributed by atoms with Crippen molar-refractivity contribution < 1.29 is 51.8 Å². The van der Waals surface area contributed by atoms with Gasteiger partial charge in [-0.2, -0.15) is 0 Å². The number of nitrogens with one attached hydrogen (secondary N) is 4. The number of aliphatic imine (C=N–C) groups is 3. The molecular weight excluding hydrogens is 1060 g/mol. The Morgan fingerprint density at radius 2 is 1.11 bits per heavy atom. The van der Waals surface area contributed by atoms with Gasteiger partial charge in [0.15, 0.2) is 5.78 Å². The Morgan fingerprint density at radius 3 is 1.49 bits per heavy atom. The second-order valence-corrected chi connectivity index (χ2v) is 24.4. The lowest BCUT2D eigenvalue weighted by atomic mass is 10.0. The largest absolute Gasteiger partial charge is 0.493 e. The first-order valence-corrected chi connectivity index (χ1v) is 29.4. The monoisotopic (exact) mass is 1140 g/mol. The summed E-state index contributed by atoms with van der Waals surface area (Å²) in [6.45, 7) is 25.1. The molecule has 4 atom stereocenters. The van der Waals surface area contributed by atoms with Crippen molar-refractivity contribution in [3.63, 3.8) is 0 Å². The zero-order valence-corrected chi connectivity index (χ0v) is 50.0. The number of amides is 4. The minimum absolute atomic E-state index is 0.141. The Bertz CT molecular complexity index is 2600. The highest BCUT2D eigenvalue weighted by atomic mass is 32.2. The summed E-state index contributed by atoms with van der Waals surface area (Å²) in [5, 5.41) is 12.4. The molecular formula is C56H86N8O13S2. The number of ether oxygens (including phenoxy) is 4. The molecule has 6 N–H and O–H groups in total. The van der Waals surface area contributed by atoms with Crippen LogP contribution >= 0.6 is 23.5 Å². The van der Waals surface area contributed by atoms with E-state index in [1.165, 1.54) is 42.6 Å². The van der Waals surface area contributed by atoms with Crippen LogP contribution in [0.15, 0.2) is 57.7 Å². The SMILES string of the molecule is CC(C)(C)OC(=O)NCCCN.CCC[C@@H](NC(=O)[C@]1(C)CSC(C(C)=NCCCNC(=O)OC(C)(C)C)=N1)c1cc(OCC2CC2)cc(=O)o1.CCC[C@@H](NC(=O)[C@]1(C)CSC(C(C)=O)=N1)c1cc(OCC2CC2)cc(=O)o1. The Morgan fingerprint density at radius 1 is 0.696 bits per heavy atom. The molecule has 2 saturated carbocycles. The summed E-state index contributed by atoms with van der Waals surface area (Å²) < 4.78 is 32.5. The van der Waals surface area contributed by atoms with E-state index >= 15 is 0 Å². The second-order valence-electron chi connectivity index (χ2n) is 22.5. The number of alkyl carbamates (subject to hydrolysis) is 2. The lowest BCUT2D eigenvalue weighted by Gasteiger charge is -2.24. The minimum Gasteiger partial charge on any atom is -0.493 e. The Balaban J connectivity index is 0.000000291. The maximum Gasteiger partial charge on any atom is 0.407 e. The molecule has 2 fully saturated rings. The fraction of sp³-hybridized carbons (Fsp3) is 0.679. The topological polar surface area (TPSA) is 294 Å². The summed E-state index contributed by atoms with van der Waals surface area (Å²) in [6.07, 6.45) is 8.00. The highest BCUT2D eigenvalue weighted by molar-refractivity contribution is 8.16. The summed E-state index contributed by atoms with van der Waals surface area (Å²) in [6, 6.07) is 5.13. The normalized spacial score (nSPS) is 19.6. The molecule has 0 saturated heterocycles. The van der Waals surface area contributed by atoms with Gasteiger partial charge in [-0.05, 0) is 132 Å². The van der Waals surface area contributed by atoms with Gasteiger partial charge >= 0.3 is 23.4 Å². The van der Waals surface area contributed by atoms with E-state index in [1.807, 2.05) is 62.3 Å². The van der Waals surface area contributed by atoms with Crippen LogP contribution in [0, 0.1) is 11.8 Å². The molecule has 4 aliphatic rings. The van der Waals surface area contributed by atoms with Crippen LogP contribution in [0.1, 0.15) is 171 Å². The molecule has 4 heterocycles. The standard InChI is InChI=1S/C28H42N4O6S.C20H26N2O5S.C8H18N2O2/c1-7-9-21(22-14-20(15-23(33)37-22)36-16-19-10-11-19)31-25(34)28(6)17-39-24(32-28)18(2)29-12-8-13-30-26(35)38-27(3,4)5;1-4-5-15(21-19(25)20(3)11-28-18(22-20)12(2)23)16-8-14(9-17(24)27-16)26-10-13-6-7-13;1-8(2,3)12-7(11)10-6-4-5-9/h14-15,19,21H,7-13,16-17H2,1-6H3,(H,30,35)(H,31,34);8-9,13,15H,4-7,10-11H2,1-3H3,(H,21,25);4-6,9H2,1-3H3,(H,10,11)/t21-,28+;15-,20+;/m11./s1. The number of ketones is 1. The molecule has 79 heavy (non-hydrogen) atoms. The van der Waals surface area contributed by atoms with Crippen LogP contribution in [0.3, 0.4) is 0 Å². The summed E-state index contributed by atoms with van der Waals surface area (Å²) in [5.41, 5.74) is 2.06. The van der Waals surface area contributed by atoms with Gasteiger partial charge in [-0.3, -0.25) is 29.4 Å². The smallest absolute Gasteiger partial charge is 0.407 e. The van der Waals surface area contributed by atoms with Crippen LogP contribution in [0.2, 0.25) is 0 Å². The van der Waals surface area contributed by atoms with Crippen molar-refractivity contribution in [1.82, 2.24) is 21.3 Å². The van der Waals surface area contributed by atoms with Crippen LogP contribution in [0.4, 0.5) is 9.59 Å². The third-order valence-corrected chi connectivity index (χ3v) is 14.7. The van der Waals surface area contributed by atoms with Crippen molar-refractivity contribution in [2.24, 2.45) is 32.5 Å². The van der Waals surface area contributed by atoms with Gasteiger partial charge in [-0.15, -0.1) is 23.5 Å². The number of carbonyl (C=O) groups excluding carboxylic acids is 5. The first-order valence-electron chi connectivity index (χ1n) is 27.4. The van der Waals surface area contributed by atoms with Crippen LogP contribution in [-0.2, 0) is 23.9 Å². The van der Waals surface area contributed by atoms with E-state index in [9.17, 15) is 33.6 Å². The number of rotatable bonds is 25. The summed E-state index contributed by atoms with van der Waals surface area (Å²) in [4.78, 5) is 98.3. The van der Waals surface area contributed by atoms with Crippen molar-refractivity contribution in [3.8, 4) is 11.5 Å². The predicted octanol–water partition coefficient (Wildman–Crippen LogP) is 8.40. The molecule has 23 heteroatoms. The van der Waals surface area contributed by atoms with Crippen molar-refractivity contribution >= 4 is 69.1 Å². The maximum absolute atomic E-state index is 13.4. The van der Waals surface area contributed by atoms with Gasteiger partial charge in [-0.25, -0.2) is 19.2 Å². The van der Waals surface area contributed by atoms with Gasteiger partial charge in [0.2, 0.25) is 11.8 Å². The quantitative estimate of drug-likeness (QED) is 0.0460. The number of nitrogens with zero attached hydrogens (tertiary/aromatic N) is 3.